The molecule has 0 saturated heterocycles. The van der Waals surface area contributed by atoms with Crippen LogP contribution in [-0.4, -0.2) is 9.97 Å². The van der Waals surface area contributed by atoms with Crippen molar-refractivity contribution in [3.63, 3.8) is 0 Å². The standard InChI is InChI=1S/C16H13ClN2O/c1-2-15-18-14(17)10-16(19-15)20-13-8-7-11-5-3-4-6-12(11)9-13/h3-10H,2H2,1H3. The van der Waals surface area contributed by atoms with Crippen LogP contribution in [-0.2, 0) is 6.42 Å². The Bertz CT molecular complexity index is 758. The third-order valence-electron chi connectivity index (χ3n) is 2.98. The molecule has 0 N–H and O–H groups in total. The number of hydrogen-bond donors (Lipinski definition) is 0. The fourth-order valence-electron chi connectivity index (χ4n) is 2.00. The van der Waals surface area contributed by atoms with Gasteiger partial charge >= 0.3 is 0 Å². The SMILES string of the molecule is CCc1nc(Cl)cc(Oc2ccc3ccccc3c2)n1. The summed E-state index contributed by atoms with van der Waals surface area (Å²) in [5, 5.41) is 2.70. The minimum absolute atomic E-state index is 0.396. The predicted molar refractivity (Wildman–Crippen MR) is 80.4 cm³/mol. The molecule has 0 aliphatic heterocycles. The number of rotatable bonds is 3. The maximum atomic E-state index is 5.96. The first kappa shape index (κ1) is 12.9. The summed E-state index contributed by atoms with van der Waals surface area (Å²) in [5.74, 6) is 1.88. The molecule has 3 rings (SSSR count). The van der Waals surface area contributed by atoms with Gasteiger partial charge in [-0.2, -0.15) is 4.98 Å². The lowest BCUT2D eigenvalue weighted by Crippen LogP contribution is -1.96. The molecular formula is C16H13ClN2O. The van der Waals surface area contributed by atoms with Crippen molar-refractivity contribution in [2.75, 3.05) is 0 Å². The molecule has 20 heavy (non-hydrogen) atoms. The van der Waals surface area contributed by atoms with Crippen LogP contribution in [0.1, 0.15) is 12.7 Å². The van der Waals surface area contributed by atoms with E-state index in [1.54, 1.807) is 6.07 Å². The van der Waals surface area contributed by atoms with Crippen molar-refractivity contribution in [3.05, 3.63) is 59.5 Å². The van der Waals surface area contributed by atoms with Crippen LogP contribution >= 0.6 is 11.6 Å². The molecule has 2 aromatic carbocycles. The van der Waals surface area contributed by atoms with Gasteiger partial charge in [-0.3, -0.25) is 0 Å². The van der Waals surface area contributed by atoms with Crippen molar-refractivity contribution < 1.29 is 4.74 Å². The van der Waals surface area contributed by atoms with Gasteiger partial charge in [-0.25, -0.2) is 4.98 Å². The second kappa shape index (κ2) is 5.47. The number of aryl methyl sites for hydroxylation is 1. The summed E-state index contributed by atoms with van der Waals surface area (Å²) in [5.41, 5.74) is 0. The summed E-state index contributed by atoms with van der Waals surface area (Å²) >= 11 is 5.96. The fourth-order valence-corrected chi connectivity index (χ4v) is 2.19. The molecular weight excluding hydrogens is 272 g/mol. The molecule has 1 aromatic heterocycles. The number of halogens is 1. The van der Waals surface area contributed by atoms with Crippen molar-refractivity contribution in [3.8, 4) is 11.6 Å². The Balaban J connectivity index is 1.94. The van der Waals surface area contributed by atoms with Crippen LogP contribution in [0.15, 0.2) is 48.5 Å². The third-order valence-corrected chi connectivity index (χ3v) is 3.17. The quantitative estimate of drug-likeness (QED) is 0.657. The van der Waals surface area contributed by atoms with Gasteiger partial charge in [0.05, 0.1) is 0 Å². The lowest BCUT2D eigenvalue weighted by atomic mass is 10.1. The molecule has 0 fully saturated rings. The normalized spacial score (nSPS) is 10.7. The average molecular weight is 285 g/mol. The largest absolute Gasteiger partial charge is 0.439 e. The maximum Gasteiger partial charge on any atom is 0.224 e. The Hall–Kier alpha value is -2.13. The van der Waals surface area contributed by atoms with Gasteiger partial charge in [-0.05, 0) is 22.9 Å². The van der Waals surface area contributed by atoms with Crippen LogP contribution in [0.3, 0.4) is 0 Å². The molecule has 0 saturated carbocycles. The first-order valence-corrected chi connectivity index (χ1v) is 6.82. The van der Waals surface area contributed by atoms with E-state index in [2.05, 4.69) is 16.0 Å². The predicted octanol–water partition coefficient (Wildman–Crippen LogP) is 4.64. The molecule has 0 unspecified atom stereocenters. The first-order chi connectivity index (χ1) is 9.74. The van der Waals surface area contributed by atoms with E-state index in [1.165, 1.54) is 5.39 Å². The highest BCUT2D eigenvalue weighted by Crippen LogP contribution is 2.25. The first-order valence-electron chi connectivity index (χ1n) is 6.45. The van der Waals surface area contributed by atoms with Crippen molar-refractivity contribution in [1.82, 2.24) is 9.97 Å². The number of benzene rings is 2. The Kier molecular flexibility index (Phi) is 3.52. The van der Waals surface area contributed by atoms with Crippen molar-refractivity contribution in [2.45, 2.75) is 13.3 Å². The van der Waals surface area contributed by atoms with Crippen LogP contribution in [0, 0.1) is 0 Å². The minimum atomic E-state index is 0.396. The van der Waals surface area contributed by atoms with Gasteiger partial charge in [0.15, 0.2) is 0 Å². The lowest BCUT2D eigenvalue weighted by Gasteiger charge is -2.07. The van der Waals surface area contributed by atoms with E-state index in [9.17, 15) is 0 Å². The summed E-state index contributed by atoms with van der Waals surface area (Å²) in [6.45, 7) is 1.98. The molecule has 1 heterocycles. The van der Waals surface area contributed by atoms with Gasteiger partial charge in [0.1, 0.15) is 16.7 Å². The zero-order chi connectivity index (χ0) is 13.9. The molecule has 4 heteroatoms. The summed E-state index contributed by atoms with van der Waals surface area (Å²) in [6, 6.07) is 15.7. The van der Waals surface area contributed by atoms with E-state index in [4.69, 9.17) is 16.3 Å². The van der Waals surface area contributed by atoms with E-state index >= 15 is 0 Å². The maximum absolute atomic E-state index is 5.96. The van der Waals surface area contributed by atoms with Gasteiger partial charge < -0.3 is 4.74 Å². The van der Waals surface area contributed by atoms with Gasteiger partial charge in [-0.1, -0.05) is 48.9 Å². The second-order valence-corrected chi connectivity index (χ2v) is 4.80. The zero-order valence-electron chi connectivity index (χ0n) is 11.0. The molecule has 0 amide bonds. The number of ether oxygens (including phenoxy) is 1. The van der Waals surface area contributed by atoms with Crippen molar-refractivity contribution >= 4 is 22.4 Å². The smallest absolute Gasteiger partial charge is 0.224 e. The van der Waals surface area contributed by atoms with E-state index < -0.39 is 0 Å². The van der Waals surface area contributed by atoms with E-state index in [0.717, 1.165) is 11.1 Å². The molecule has 3 nitrogen and oxygen atoms in total. The molecule has 0 aliphatic rings. The van der Waals surface area contributed by atoms with Crippen LogP contribution in [0.25, 0.3) is 10.8 Å². The van der Waals surface area contributed by atoms with Gasteiger partial charge in [0, 0.05) is 12.5 Å². The minimum Gasteiger partial charge on any atom is -0.439 e. The van der Waals surface area contributed by atoms with Crippen molar-refractivity contribution in [1.29, 1.82) is 0 Å². The monoisotopic (exact) mass is 284 g/mol. The molecule has 0 bridgehead atoms. The summed E-state index contributed by atoms with van der Waals surface area (Å²) in [7, 11) is 0. The van der Waals surface area contributed by atoms with Crippen LogP contribution in [0.4, 0.5) is 0 Å². The van der Waals surface area contributed by atoms with Gasteiger partial charge in [0.2, 0.25) is 5.88 Å². The highest BCUT2D eigenvalue weighted by Gasteiger charge is 2.05. The zero-order valence-corrected chi connectivity index (χ0v) is 11.8. The number of aromatic nitrogens is 2. The van der Waals surface area contributed by atoms with Crippen molar-refractivity contribution in [2.24, 2.45) is 0 Å². The van der Waals surface area contributed by atoms with Crippen LogP contribution in [0.5, 0.6) is 11.6 Å². The van der Waals surface area contributed by atoms with E-state index in [-0.39, 0.29) is 0 Å². The van der Waals surface area contributed by atoms with E-state index in [1.807, 2.05) is 43.3 Å². The molecule has 0 spiro atoms. The van der Waals surface area contributed by atoms with Gasteiger partial charge in [0.25, 0.3) is 0 Å². The van der Waals surface area contributed by atoms with Gasteiger partial charge in [-0.15, -0.1) is 0 Å². The summed E-state index contributed by atoms with van der Waals surface area (Å²) in [4.78, 5) is 8.43. The lowest BCUT2D eigenvalue weighted by molar-refractivity contribution is 0.459. The number of hydrogen-bond acceptors (Lipinski definition) is 3. The Labute approximate surface area is 122 Å². The average Bonchev–Trinajstić information content (AvgIpc) is 2.46. The fraction of sp³-hybridized carbons (Fsp3) is 0.125. The molecule has 100 valence electrons. The Morgan fingerprint density at radius 3 is 2.60 bits per heavy atom. The Morgan fingerprint density at radius 2 is 1.80 bits per heavy atom. The van der Waals surface area contributed by atoms with E-state index in [0.29, 0.717) is 23.3 Å². The third kappa shape index (κ3) is 2.73. The highest BCUT2D eigenvalue weighted by atomic mass is 35.5. The Morgan fingerprint density at radius 1 is 1.00 bits per heavy atom. The summed E-state index contributed by atoms with van der Waals surface area (Å²) in [6.07, 6.45) is 0.717. The molecule has 0 aliphatic carbocycles. The van der Waals surface area contributed by atoms with Crippen LogP contribution < -0.4 is 4.74 Å². The molecule has 0 atom stereocenters. The number of fused-ring (bicyclic) bond motifs is 1. The van der Waals surface area contributed by atoms with Crippen LogP contribution in [0.2, 0.25) is 5.15 Å². The molecule has 3 aromatic rings. The molecule has 0 radical (unpaired) electrons. The second-order valence-electron chi connectivity index (χ2n) is 4.41. The summed E-state index contributed by atoms with van der Waals surface area (Å²) < 4.78 is 5.77. The highest BCUT2D eigenvalue weighted by molar-refractivity contribution is 6.29. The topological polar surface area (TPSA) is 35.0 Å². The number of nitrogens with zero attached hydrogens (tertiary/aromatic N) is 2.